The summed E-state index contributed by atoms with van der Waals surface area (Å²) in [5, 5.41) is 0. The van der Waals surface area contributed by atoms with E-state index in [9.17, 15) is 4.79 Å². The number of aromatic nitrogens is 2. The lowest BCUT2D eigenvalue weighted by atomic mass is 10.2. The van der Waals surface area contributed by atoms with Crippen LogP contribution in [0, 0.1) is 0 Å². The van der Waals surface area contributed by atoms with Crippen molar-refractivity contribution in [3.8, 4) is 11.4 Å². The van der Waals surface area contributed by atoms with Crippen molar-refractivity contribution in [1.82, 2.24) is 9.38 Å². The molecule has 2 heterocycles. The van der Waals surface area contributed by atoms with E-state index in [0.29, 0.717) is 5.56 Å². The number of carbonyl (C=O) groups excluding carboxylic acids is 1. The van der Waals surface area contributed by atoms with Gasteiger partial charge in [0.1, 0.15) is 12.1 Å². The molecule has 3 rings (SSSR count). The van der Waals surface area contributed by atoms with E-state index in [-0.39, 0.29) is 0 Å². The summed E-state index contributed by atoms with van der Waals surface area (Å²) in [6.07, 6.45) is 4.47. The molecule has 0 aliphatic carbocycles. The van der Waals surface area contributed by atoms with Crippen LogP contribution in [0.15, 0.2) is 53.3 Å². The summed E-state index contributed by atoms with van der Waals surface area (Å²) in [6, 6.07) is 11.6. The average molecular weight is 301 g/mol. The number of aldehydes is 1. The number of nitrogens with zero attached hydrogens (tertiary/aromatic N) is 2. The molecule has 18 heavy (non-hydrogen) atoms. The maximum absolute atomic E-state index is 10.7. The van der Waals surface area contributed by atoms with Crippen LogP contribution in [0.4, 0.5) is 0 Å². The Labute approximate surface area is 112 Å². The predicted molar refractivity (Wildman–Crippen MR) is 73.7 cm³/mol. The van der Waals surface area contributed by atoms with Gasteiger partial charge in [-0.05, 0) is 24.3 Å². The molecule has 1 aromatic carbocycles. The van der Waals surface area contributed by atoms with Crippen LogP contribution in [0.25, 0.3) is 16.9 Å². The fraction of sp³-hybridized carbons (Fsp3) is 0. The molecule has 0 atom stereocenters. The number of benzene rings is 1. The molecule has 0 amide bonds. The lowest BCUT2D eigenvalue weighted by Crippen LogP contribution is -1.90. The summed E-state index contributed by atoms with van der Waals surface area (Å²) < 4.78 is 2.98. The van der Waals surface area contributed by atoms with Gasteiger partial charge in [-0.1, -0.05) is 28.1 Å². The van der Waals surface area contributed by atoms with E-state index >= 15 is 0 Å². The van der Waals surface area contributed by atoms with Crippen molar-refractivity contribution in [3.63, 3.8) is 0 Å². The maximum atomic E-state index is 10.7. The van der Waals surface area contributed by atoms with Gasteiger partial charge >= 0.3 is 0 Å². The van der Waals surface area contributed by atoms with Crippen LogP contribution in [-0.4, -0.2) is 15.7 Å². The number of halogens is 1. The van der Waals surface area contributed by atoms with Gasteiger partial charge in [0, 0.05) is 21.8 Å². The minimum Gasteiger partial charge on any atom is -0.300 e. The first kappa shape index (κ1) is 11.2. The summed E-state index contributed by atoms with van der Waals surface area (Å²) in [7, 11) is 0. The SMILES string of the molecule is O=Cc1ccn2c(-c3cccc(Br)c3)ncc2c1. The fourth-order valence-corrected chi connectivity index (χ4v) is 2.33. The van der Waals surface area contributed by atoms with E-state index in [2.05, 4.69) is 20.9 Å². The van der Waals surface area contributed by atoms with Gasteiger partial charge in [-0.15, -0.1) is 0 Å². The smallest absolute Gasteiger partial charge is 0.150 e. The van der Waals surface area contributed by atoms with Crippen molar-refractivity contribution in [1.29, 1.82) is 0 Å². The summed E-state index contributed by atoms with van der Waals surface area (Å²) in [6.45, 7) is 0. The largest absolute Gasteiger partial charge is 0.300 e. The zero-order chi connectivity index (χ0) is 12.5. The Bertz CT molecular complexity index is 733. The van der Waals surface area contributed by atoms with Crippen LogP contribution in [0.1, 0.15) is 10.4 Å². The molecule has 0 unspecified atom stereocenters. The first-order valence-corrected chi connectivity index (χ1v) is 6.25. The summed E-state index contributed by atoms with van der Waals surface area (Å²) in [4.78, 5) is 15.1. The molecule has 0 N–H and O–H groups in total. The predicted octanol–water partition coefficient (Wildman–Crippen LogP) is 3.58. The molecule has 0 radical (unpaired) electrons. The van der Waals surface area contributed by atoms with Gasteiger partial charge in [0.05, 0.1) is 11.7 Å². The van der Waals surface area contributed by atoms with Gasteiger partial charge < -0.3 is 0 Å². The lowest BCUT2D eigenvalue weighted by molar-refractivity contribution is 0.112. The molecular formula is C14H9BrN2O. The second-order valence-corrected chi connectivity index (χ2v) is 4.88. The molecule has 3 nitrogen and oxygen atoms in total. The van der Waals surface area contributed by atoms with Crippen molar-refractivity contribution < 1.29 is 4.79 Å². The average Bonchev–Trinajstić information content (AvgIpc) is 2.81. The normalized spacial score (nSPS) is 10.7. The van der Waals surface area contributed by atoms with Crippen LogP contribution >= 0.6 is 15.9 Å². The van der Waals surface area contributed by atoms with Crippen LogP contribution < -0.4 is 0 Å². The second kappa shape index (κ2) is 4.38. The second-order valence-electron chi connectivity index (χ2n) is 3.96. The van der Waals surface area contributed by atoms with E-state index in [1.54, 1.807) is 12.3 Å². The summed E-state index contributed by atoms with van der Waals surface area (Å²) in [5.41, 5.74) is 2.60. The Morgan fingerprint density at radius 2 is 2.11 bits per heavy atom. The third kappa shape index (κ3) is 1.84. The number of hydrogen-bond donors (Lipinski definition) is 0. The summed E-state index contributed by atoms with van der Waals surface area (Å²) >= 11 is 3.45. The van der Waals surface area contributed by atoms with E-state index in [1.807, 2.05) is 40.9 Å². The number of imidazole rings is 1. The minimum absolute atomic E-state index is 0.656. The molecule has 3 aromatic rings. The van der Waals surface area contributed by atoms with Gasteiger partial charge in [-0.3, -0.25) is 9.20 Å². The Morgan fingerprint density at radius 3 is 2.89 bits per heavy atom. The molecular weight excluding hydrogens is 292 g/mol. The molecule has 0 spiro atoms. The number of hydrogen-bond acceptors (Lipinski definition) is 2. The third-order valence-corrected chi connectivity index (χ3v) is 3.27. The molecule has 0 aliphatic rings. The van der Waals surface area contributed by atoms with Crippen LogP contribution in [0.3, 0.4) is 0 Å². The van der Waals surface area contributed by atoms with Gasteiger partial charge in [0.25, 0.3) is 0 Å². The Kier molecular flexibility index (Phi) is 2.72. The number of carbonyl (C=O) groups is 1. The first-order valence-electron chi connectivity index (χ1n) is 5.46. The Balaban J connectivity index is 2.21. The Morgan fingerprint density at radius 1 is 1.22 bits per heavy atom. The molecule has 0 saturated carbocycles. The molecule has 2 aromatic heterocycles. The highest BCUT2D eigenvalue weighted by Crippen LogP contribution is 2.23. The number of pyridine rings is 1. The van der Waals surface area contributed by atoms with Gasteiger partial charge in [-0.25, -0.2) is 4.98 Å². The van der Waals surface area contributed by atoms with Crippen molar-refractivity contribution in [2.45, 2.75) is 0 Å². The molecule has 88 valence electrons. The van der Waals surface area contributed by atoms with E-state index in [4.69, 9.17) is 0 Å². The highest BCUT2D eigenvalue weighted by atomic mass is 79.9. The minimum atomic E-state index is 0.656. The topological polar surface area (TPSA) is 34.4 Å². The highest BCUT2D eigenvalue weighted by molar-refractivity contribution is 9.10. The quantitative estimate of drug-likeness (QED) is 0.678. The van der Waals surface area contributed by atoms with Gasteiger partial charge in [0.15, 0.2) is 0 Å². The fourth-order valence-electron chi connectivity index (χ4n) is 1.93. The van der Waals surface area contributed by atoms with Crippen LogP contribution in [0.5, 0.6) is 0 Å². The van der Waals surface area contributed by atoms with E-state index in [1.165, 1.54) is 0 Å². The molecule has 0 aliphatic heterocycles. The van der Waals surface area contributed by atoms with Crippen molar-refractivity contribution in [2.24, 2.45) is 0 Å². The Hall–Kier alpha value is -1.94. The van der Waals surface area contributed by atoms with Crippen molar-refractivity contribution in [3.05, 3.63) is 58.8 Å². The number of rotatable bonds is 2. The monoisotopic (exact) mass is 300 g/mol. The van der Waals surface area contributed by atoms with Crippen molar-refractivity contribution in [2.75, 3.05) is 0 Å². The van der Waals surface area contributed by atoms with Gasteiger partial charge in [0.2, 0.25) is 0 Å². The zero-order valence-corrected chi connectivity index (χ0v) is 11.0. The molecule has 0 saturated heterocycles. The molecule has 0 fully saturated rings. The van der Waals surface area contributed by atoms with Gasteiger partial charge in [-0.2, -0.15) is 0 Å². The molecule has 4 heteroatoms. The first-order chi connectivity index (χ1) is 8.78. The zero-order valence-electron chi connectivity index (χ0n) is 9.38. The van der Waals surface area contributed by atoms with Crippen molar-refractivity contribution >= 4 is 27.7 Å². The van der Waals surface area contributed by atoms with E-state index < -0.39 is 0 Å². The standard InChI is InChI=1S/C14H9BrN2O/c15-12-3-1-2-11(7-12)14-16-8-13-6-10(9-18)4-5-17(13)14/h1-9H. The van der Waals surface area contributed by atoms with E-state index in [0.717, 1.165) is 27.7 Å². The number of fused-ring (bicyclic) bond motifs is 1. The van der Waals surface area contributed by atoms with Crippen LogP contribution in [-0.2, 0) is 0 Å². The highest BCUT2D eigenvalue weighted by Gasteiger charge is 2.06. The maximum Gasteiger partial charge on any atom is 0.150 e. The molecule has 0 bridgehead atoms. The lowest BCUT2D eigenvalue weighted by Gasteiger charge is -2.02. The third-order valence-electron chi connectivity index (χ3n) is 2.77. The summed E-state index contributed by atoms with van der Waals surface area (Å²) in [5.74, 6) is 0.865. The van der Waals surface area contributed by atoms with Crippen LogP contribution in [0.2, 0.25) is 0 Å².